The van der Waals surface area contributed by atoms with Crippen LogP contribution >= 0.6 is 0 Å². The van der Waals surface area contributed by atoms with E-state index in [9.17, 15) is 18.0 Å². The molecule has 1 unspecified atom stereocenters. The molecule has 3 aromatic rings. The maximum absolute atomic E-state index is 13.2. The molecule has 0 saturated carbocycles. The van der Waals surface area contributed by atoms with Gasteiger partial charge in [-0.15, -0.1) is 0 Å². The van der Waals surface area contributed by atoms with Crippen LogP contribution in [0.3, 0.4) is 0 Å². The molecule has 150 valence electrons. The summed E-state index contributed by atoms with van der Waals surface area (Å²) in [5.41, 5.74) is -1.15. The van der Waals surface area contributed by atoms with E-state index in [1.165, 1.54) is 16.7 Å². The van der Waals surface area contributed by atoms with Gasteiger partial charge in [-0.05, 0) is 37.1 Å². The highest BCUT2D eigenvalue weighted by Gasteiger charge is 2.27. The van der Waals surface area contributed by atoms with E-state index in [0.717, 1.165) is 23.6 Å². The third-order valence-electron chi connectivity index (χ3n) is 4.91. The smallest absolute Gasteiger partial charge is 0.335 e. The molecule has 1 fully saturated rings. The molecule has 0 spiro atoms. The molecule has 29 heavy (non-hydrogen) atoms. The Bertz CT molecular complexity index is 1230. The standard InChI is InChI=1S/C21H20N2O5S/c24-20-19(29(26,27)18-11-5-2-6-12-18)15-22(14-17-10-7-13-28-17)21(25)23(20)16-8-3-1-4-9-16/h1-6,8-9,11-12,15,17H,7,10,13-14H2. The van der Waals surface area contributed by atoms with E-state index in [2.05, 4.69) is 0 Å². The molecule has 4 rings (SSSR count). The third kappa shape index (κ3) is 3.68. The topological polar surface area (TPSA) is 87.4 Å². The predicted octanol–water partition coefficient (Wildman–Crippen LogP) is 2.01. The van der Waals surface area contributed by atoms with Crippen LogP contribution in [0.4, 0.5) is 0 Å². The fraction of sp³-hybridized carbons (Fsp3) is 0.238. The molecule has 1 aliphatic heterocycles. The number of rotatable bonds is 5. The Morgan fingerprint density at radius 2 is 1.62 bits per heavy atom. The van der Waals surface area contributed by atoms with Gasteiger partial charge in [0.05, 0.1) is 23.2 Å². The SMILES string of the molecule is O=c1c(S(=O)(=O)c2ccccc2)cn(CC2CCCO2)c(=O)n1-c1ccccc1. The highest BCUT2D eigenvalue weighted by molar-refractivity contribution is 7.91. The molecule has 0 N–H and O–H groups in total. The van der Waals surface area contributed by atoms with Crippen LogP contribution in [0.25, 0.3) is 5.69 Å². The molecule has 2 heterocycles. The number of hydrogen-bond acceptors (Lipinski definition) is 5. The largest absolute Gasteiger partial charge is 0.376 e. The molecule has 1 atom stereocenters. The lowest BCUT2D eigenvalue weighted by atomic mass is 10.2. The predicted molar refractivity (Wildman–Crippen MR) is 107 cm³/mol. The zero-order chi connectivity index (χ0) is 20.4. The number of sulfone groups is 1. The molecule has 0 aliphatic carbocycles. The van der Waals surface area contributed by atoms with Crippen molar-refractivity contribution in [2.24, 2.45) is 0 Å². The number of nitrogens with zero attached hydrogens (tertiary/aromatic N) is 2. The second kappa shape index (κ2) is 7.81. The van der Waals surface area contributed by atoms with Crippen LogP contribution in [0.15, 0.2) is 86.2 Å². The van der Waals surface area contributed by atoms with Gasteiger partial charge < -0.3 is 4.74 Å². The fourth-order valence-corrected chi connectivity index (χ4v) is 4.79. The summed E-state index contributed by atoms with van der Waals surface area (Å²) < 4.78 is 34.1. The van der Waals surface area contributed by atoms with Crippen molar-refractivity contribution in [3.8, 4) is 5.69 Å². The Morgan fingerprint density at radius 3 is 2.24 bits per heavy atom. The summed E-state index contributed by atoms with van der Waals surface area (Å²) in [6.45, 7) is 0.788. The quantitative estimate of drug-likeness (QED) is 0.640. The first-order valence-corrected chi connectivity index (χ1v) is 10.8. The average molecular weight is 412 g/mol. The first-order chi connectivity index (χ1) is 14.0. The Hall–Kier alpha value is -2.97. The van der Waals surface area contributed by atoms with Crippen molar-refractivity contribution in [2.75, 3.05) is 6.61 Å². The second-order valence-electron chi connectivity index (χ2n) is 6.86. The minimum atomic E-state index is -4.11. The minimum Gasteiger partial charge on any atom is -0.376 e. The Kier molecular flexibility index (Phi) is 5.21. The van der Waals surface area contributed by atoms with Crippen LogP contribution in [-0.4, -0.2) is 30.3 Å². The molecular formula is C21H20N2O5S. The number of hydrogen-bond donors (Lipinski definition) is 0. The summed E-state index contributed by atoms with van der Waals surface area (Å²) in [6, 6.07) is 16.0. The molecule has 1 aromatic heterocycles. The van der Waals surface area contributed by atoms with Crippen molar-refractivity contribution in [1.82, 2.24) is 9.13 Å². The number of para-hydroxylation sites is 1. The second-order valence-corrected chi connectivity index (χ2v) is 8.77. The first kappa shape index (κ1) is 19.4. The number of benzene rings is 2. The van der Waals surface area contributed by atoms with Crippen LogP contribution in [-0.2, 0) is 21.1 Å². The molecule has 0 radical (unpaired) electrons. The third-order valence-corrected chi connectivity index (χ3v) is 6.66. The zero-order valence-corrected chi connectivity index (χ0v) is 16.4. The monoisotopic (exact) mass is 412 g/mol. The summed E-state index contributed by atoms with van der Waals surface area (Å²) >= 11 is 0. The average Bonchev–Trinajstić information content (AvgIpc) is 3.25. The Balaban J connectivity index is 1.96. The van der Waals surface area contributed by atoms with Gasteiger partial charge in [0.1, 0.15) is 0 Å². The maximum Gasteiger partial charge on any atom is 0.335 e. The fourth-order valence-electron chi connectivity index (χ4n) is 3.43. The van der Waals surface area contributed by atoms with Crippen molar-refractivity contribution in [2.45, 2.75) is 35.3 Å². The van der Waals surface area contributed by atoms with Crippen LogP contribution < -0.4 is 11.2 Å². The van der Waals surface area contributed by atoms with Crippen LogP contribution in [0, 0.1) is 0 Å². The summed E-state index contributed by atoms with van der Waals surface area (Å²) in [7, 11) is -4.11. The molecule has 7 nitrogen and oxygen atoms in total. The molecular weight excluding hydrogens is 392 g/mol. The first-order valence-electron chi connectivity index (χ1n) is 9.32. The summed E-state index contributed by atoms with van der Waals surface area (Å²) in [4.78, 5) is 25.8. The number of ether oxygens (including phenoxy) is 1. The van der Waals surface area contributed by atoms with Crippen molar-refractivity contribution < 1.29 is 13.2 Å². The van der Waals surface area contributed by atoms with E-state index in [0.29, 0.717) is 12.3 Å². The van der Waals surface area contributed by atoms with E-state index in [4.69, 9.17) is 4.74 Å². The van der Waals surface area contributed by atoms with E-state index in [-0.39, 0.29) is 17.5 Å². The van der Waals surface area contributed by atoms with Gasteiger partial charge in [0.15, 0.2) is 4.90 Å². The Morgan fingerprint density at radius 1 is 0.966 bits per heavy atom. The molecule has 0 amide bonds. The van der Waals surface area contributed by atoms with Gasteiger partial charge in [-0.2, -0.15) is 0 Å². The lowest BCUT2D eigenvalue weighted by Gasteiger charge is -2.16. The molecule has 0 bridgehead atoms. The van der Waals surface area contributed by atoms with Gasteiger partial charge in [-0.25, -0.2) is 17.8 Å². The van der Waals surface area contributed by atoms with E-state index >= 15 is 0 Å². The Labute approximate surface area is 167 Å². The van der Waals surface area contributed by atoms with Crippen molar-refractivity contribution in [1.29, 1.82) is 0 Å². The highest BCUT2D eigenvalue weighted by atomic mass is 32.2. The van der Waals surface area contributed by atoms with Crippen LogP contribution in [0.2, 0.25) is 0 Å². The highest BCUT2D eigenvalue weighted by Crippen LogP contribution is 2.19. The van der Waals surface area contributed by atoms with Gasteiger partial charge in [-0.3, -0.25) is 9.36 Å². The molecule has 2 aromatic carbocycles. The molecule has 1 aliphatic rings. The van der Waals surface area contributed by atoms with E-state index < -0.39 is 26.0 Å². The van der Waals surface area contributed by atoms with Crippen molar-refractivity contribution in [3.05, 3.63) is 87.7 Å². The van der Waals surface area contributed by atoms with Crippen molar-refractivity contribution >= 4 is 9.84 Å². The van der Waals surface area contributed by atoms with Gasteiger partial charge >= 0.3 is 5.69 Å². The lowest BCUT2D eigenvalue weighted by molar-refractivity contribution is 0.0953. The van der Waals surface area contributed by atoms with Gasteiger partial charge in [0.2, 0.25) is 9.84 Å². The van der Waals surface area contributed by atoms with Gasteiger partial charge in [-0.1, -0.05) is 36.4 Å². The lowest BCUT2D eigenvalue weighted by Crippen LogP contribution is -2.42. The summed E-state index contributed by atoms with van der Waals surface area (Å²) in [5, 5.41) is 0. The maximum atomic E-state index is 13.2. The van der Waals surface area contributed by atoms with Crippen molar-refractivity contribution in [3.63, 3.8) is 0 Å². The minimum absolute atomic E-state index is 0.000901. The summed E-state index contributed by atoms with van der Waals surface area (Å²) in [5.74, 6) is 0. The zero-order valence-electron chi connectivity index (χ0n) is 15.6. The van der Waals surface area contributed by atoms with Gasteiger partial charge in [0.25, 0.3) is 5.56 Å². The van der Waals surface area contributed by atoms with E-state index in [1.54, 1.807) is 48.5 Å². The molecule has 1 saturated heterocycles. The normalized spacial score (nSPS) is 16.8. The van der Waals surface area contributed by atoms with Gasteiger partial charge in [0, 0.05) is 12.8 Å². The van der Waals surface area contributed by atoms with Crippen LogP contribution in [0.5, 0.6) is 0 Å². The summed E-state index contributed by atoms with van der Waals surface area (Å²) in [6.07, 6.45) is 2.61. The number of aromatic nitrogens is 2. The van der Waals surface area contributed by atoms with E-state index in [1.807, 2.05) is 0 Å². The van der Waals surface area contributed by atoms with Crippen LogP contribution in [0.1, 0.15) is 12.8 Å². The molecule has 8 heteroatoms.